The number of halogens is 1. The number of amides is 2. The van der Waals surface area contributed by atoms with Crippen LogP contribution in [-0.4, -0.2) is 18.4 Å². The summed E-state index contributed by atoms with van der Waals surface area (Å²) in [4.78, 5) is 24.2. The first-order valence-corrected chi connectivity index (χ1v) is 9.50. The third-order valence-electron chi connectivity index (χ3n) is 3.91. The largest absolute Gasteiger partial charge is 0.489 e. The molecule has 0 bridgehead atoms. The third kappa shape index (κ3) is 5.69. The average Bonchev–Trinajstić information content (AvgIpc) is 2.72. The van der Waals surface area contributed by atoms with Gasteiger partial charge < -0.3 is 15.4 Å². The van der Waals surface area contributed by atoms with Crippen LogP contribution in [0, 0.1) is 0 Å². The molecule has 0 unspecified atom stereocenters. The monoisotopic (exact) mass is 438 g/mol. The summed E-state index contributed by atoms with van der Waals surface area (Å²) in [5.41, 5.74) is 2.20. The van der Waals surface area contributed by atoms with E-state index >= 15 is 0 Å². The number of hydrogen-bond acceptors (Lipinski definition) is 3. The van der Waals surface area contributed by atoms with Gasteiger partial charge in [0.25, 0.3) is 5.91 Å². The first kappa shape index (κ1) is 19.6. The Morgan fingerprint density at radius 1 is 0.857 bits per heavy atom. The Labute approximate surface area is 171 Å². The van der Waals surface area contributed by atoms with Crippen LogP contribution in [0.15, 0.2) is 83.3 Å². The van der Waals surface area contributed by atoms with Gasteiger partial charge in [0.05, 0.1) is 12.1 Å². The van der Waals surface area contributed by atoms with Gasteiger partial charge >= 0.3 is 0 Å². The molecular weight excluding hydrogens is 420 g/mol. The summed E-state index contributed by atoms with van der Waals surface area (Å²) < 4.78 is 6.40. The summed E-state index contributed by atoms with van der Waals surface area (Å²) in [6, 6.07) is 24.0. The molecule has 0 saturated carbocycles. The minimum absolute atomic E-state index is 0.119. The molecule has 6 heteroatoms. The van der Waals surface area contributed by atoms with Crippen LogP contribution in [0.1, 0.15) is 15.9 Å². The normalized spacial score (nSPS) is 10.2. The number of carbonyl (C=O) groups excluding carboxylic acids is 2. The number of rotatable bonds is 7. The van der Waals surface area contributed by atoms with Crippen LogP contribution in [0.25, 0.3) is 0 Å². The molecule has 3 rings (SSSR count). The molecule has 0 atom stereocenters. The van der Waals surface area contributed by atoms with Gasteiger partial charge in [-0.3, -0.25) is 9.59 Å². The van der Waals surface area contributed by atoms with Gasteiger partial charge in [0.2, 0.25) is 5.91 Å². The van der Waals surface area contributed by atoms with E-state index in [1.54, 1.807) is 42.5 Å². The predicted molar refractivity (Wildman–Crippen MR) is 112 cm³/mol. The molecule has 0 aliphatic carbocycles. The molecule has 0 fully saturated rings. The van der Waals surface area contributed by atoms with E-state index in [1.807, 2.05) is 36.4 Å². The van der Waals surface area contributed by atoms with Crippen LogP contribution in [-0.2, 0) is 11.4 Å². The maximum atomic E-state index is 12.1. The SMILES string of the molecule is O=C(CNC(=O)c1ccccc1Br)Nc1ccc(OCc2ccccc2)cc1. The second-order valence-corrected chi connectivity index (χ2v) is 6.86. The Morgan fingerprint density at radius 3 is 2.25 bits per heavy atom. The molecule has 2 amide bonds. The predicted octanol–water partition coefficient (Wildman–Crippen LogP) is 4.40. The van der Waals surface area contributed by atoms with Crippen molar-refractivity contribution in [2.45, 2.75) is 6.61 Å². The van der Waals surface area contributed by atoms with E-state index in [4.69, 9.17) is 4.74 Å². The summed E-state index contributed by atoms with van der Waals surface area (Å²) in [5.74, 6) is 0.0923. The van der Waals surface area contributed by atoms with Crippen molar-refractivity contribution < 1.29 is 14.3 Å². The Morgan fingerprint density at radius 2 is 1.54 bits per heavy atom. The highest BCUT2D eigenvalue weighted by atomic mass is 79.9. The van der Waals surface area contributed by atoms with Crippen molar-refractivity contribution in [3.63, 3.8) is 0 Å². The third-order valence-corrected chi connectivity index (χ3v) is 4.61. The highest BCUT2D eigenvalue weighted by Gasteiger charge is 2.11. The van der Waals surface area contributed by atoms with Crippen LogP contribution in [0.2, 0.25) is 0 Å². The molecule has 0 heterocycles. The number of carbonyl (C=O) groups is 2. The molecule has 0 aliphatic heterocycles. The highest BCUT2D eigenvalue weighted by molar-refractivity contribution is 9.10. The van der Waals surface area contributed by atoms with Crippen molar-refractivity contribution in [2.75, 3.05) is 11.9 Å². The molecule has 0 aromatic heterocycles. The fraction of sp³-hybridized carbons (Fsp3) is 0.0909. The van der Waals surface area contributed by atoms with Crippen LogP contribution in [0.5, 0.6) is 5.75 Å². The van der Waals surface area contributed by atoms with Crippen LogP contribution < -0.4 is 15.4 Å². The lowest BCUT2D eigenvalue weighted by atomic mass is 10.2. The van der Waals surface area contributed by atoms with E-state index in [0.29, 0.717) is 28.1 Å². The number of anilines is 1. The molecule has 0 spiro atoms. The van der Waals surface area contributed by atoms with Gasteiger partial charge in [0, 0.05) is 10.2 Å². The van der Waals surface area contributed by atoms with Crippen LogP contribution >= 0.6 is 15.9 Å². The van der Waals surface area contributed by atoms with E-state index < -0.39 is 0 Å². The van der Waals surface area contributed by atoms with Crippen molar-refractivity contribution in [1.82, 2.24) is 5.32 Å². The van der Waals surface area contributed by atoms with Gasteiger partial charge in [-0.05, 0) is 57.9 Å². The zero-order chi connectivity index (χ0) is 19.8. The van der Waals surface area contributed by atoms with E-state index in [0.717, 1.165) is 5.56 Å². The van der Waals surface area contributed by atoms with Crippen molar-refractivity contribution in [3.05, 3.63) is 94.5 Å². The second kappa shape index (κ2) is 9.71. The number of ether oxygens (including phenoxy) is 1. The van der Waals surface area contributed by atoms with Crippen LogP contribution in [0.4, 0.5) is 5.69 Å². The van der Waals surface area contributed by atoms with Gasteiger partial charge in [-0.1, -0.05) is 42.5 Å². The van der Waals surface area contributed by atoms with Gasteiger partial charge in [-0.25, -0.2) is 0 Å². The molecule has 0 saturated heterocycles. The Bertz CT molecular complexity index is 944. The van der Waals surface area contributed by atoms with E-state index in [-0.39, 0.29) is 18.4 Å². The highest BCUT2D eigenvalue weighted by Crippen LogP contribution is 2.17. The second-order valence-electron chi connectivity index (χ2n) is 6.01. The lowest BCUT2D eigenvalue weighted by molar-refractivity contribution is -0.115. The number of nitrogens with one attached hydrogen (secondary N) is 2. The Balaban J connectivity index is 1.46. The average molecular weight is 439 g/mol. The Hall–Kier alpha value is -3.12. The van der Waals surface area contributed by atoms with Crippen molar-refractivity contribution in [2.24, 2.45) is 0 Å². The van der Waals surface area contributed by atoms with E-state index in [2.05, 4.69) is 26.6 Å². The standard InChI is InChI=1S/C22H19BrN2O3/c23-20-9-5-4-8-19(20)22(27)24-14-21(26)25-17-10-12-18(13-11-17)28-15-16-6-2-1-3-7-16/h1-13H,14-15H2,(H,24,27)(H,25,26). The summed E-state index contributed by atoms with van der Waals surface area (Å²) >= 11 is 3.32. The molecule has 0 radical (unpaired) electrons. The quantitative estimate of drug-likeness (QED) is 0.574. The summed E-state index contributed by atoms with van der Waals surface area (Å²) in [7, 11) is 0. The lowest BCUT2D eigenvalue weighted by Crippen LogP contribution is -2.33. The van der Waals surface area contributed by atoms with E-state index in [1.165, 1.54) is 0 Å². The topological polar surface area (TPSA) is 67.4 Å². The van der Waals surface area contributed by atoms with Gasteiger partial charge in [-0.2, -0.15) is 0 Å². The van der Waals surface area contributed by atoms with E-state index in [9.17, 15) is 9.59 Å². The maximum Gasteiger partial charge on any atom is 0.252 e. The zero-order valence-electron chi connectivity index (χ0n) is 15.0. The Kier molecular flexibility index (Phi) is 6.81. The minimum Gasteiger partial charge on any atom is -0.489 e. The van der Waals surface area contributed by atoms with Crippen molar-refractivity contribution in [1.29, 1.82) is 0 Å². The fourth-order valence-corrected chi connectivity index (χ4v) is 2.95. The zero-order valence-corrected chi connectivity index (χ0v) is 16.6. The molecule has 28 heavy (non-hydrogen) atoms. The number of benzene rings is 3. The number of hydrogen-bond donors (Lipinski definition) is 2. The molecule has 2 N–H and O–H groups in total. The minimum atomic E-state index is -0.313. The molecule has 142 valence electrons. The molecule has 5 nitrogen and oxygen atoms in total. The smallest absolute Gasteiger partial charge is 0.252 e. The van der Waals surface area contributed by atoms with Gasteiger partial charge in [-0.15, -0.1) is 0 Å². The van der Waals surface area contributed by atoms with Gasteiger partial charge in [0.1, 0.15) is 12.4 Å². The first-order valence-electron chi connectivity index (χ1n) is 8.71. The lowest BCUT2D eigenvalue weighted by Gasteiger charge is -2.09. The van der Waals surface area contributed by atoms with Crippen LogP contribution in [0.3, 0.4) is 0 Å². The summed E-state index contributed by atoms with van der Waals surface area (Å²) in [5, 5.41) is 5.35. The maximum absolute atomic E-state index is 12.1. The molecule has 3 aromatic rings. The van der Waals surface area contributed by atoms with Crippen molar-refractivity contribution >= 4 is 33.4 Å². The molecule has 3 aromatic carbocycles. The van der Waals surface area contributed by atoms with Gasteiger partial charge in [0.15, 0.2) is 0 Å². The van der Waals surface area contributed by atoms with Crippen molar-refractivity contribution in [3.8, 4) is 5.75 Å². The summed E-state index contributed by atoms with van der Waals surface area (Å²) in [6.45, 7) is 0.361. The summed E-state index contributed by atoms with van der Waals surface area (Å²) in [6.07, 6.45) is 0. The molecule has 0 aliphatic rings. The first-order chi connectivity index (χ1) is 13.6. The fourth-order valence-electron chi connectivity index (χ4n) is 2.48. The molecular formula is C22H19BrN2O3.